The maximum atomic E-state index is 11.5. The summed E-state index contributed by atoms with van der Waals surface area (Å²) in [6.07, 6.45) is 3.81. The smallest absolute Gasteiger partial charge is 0.327 e. The second kappa shape index (κ2) is 7.99. The van der Waals surface area contributed by atoms with Gasteiger partial charge in [-0.05, 0) is 55.5 Å². The minimum absolute atomic E-state index is 0.0750. The van der Waals surface area contributed by atoms with Gasteiger partial charge in [0.15, 0.2) is 0 Å². The van der Waals surface area contributed by atoms with Gasteiger partial charge in [-0.1, -0.05) is 13.8 Å². The number of allylic oxidation sites excluding steroid dienone is 2. The van der Waals surface area contributed by atoms with Crippen LogP contribution in [-0.4, -0.2) is 31.9 Å². The fourth-order valence-corrected chi connectivity index (χ4v) is 2.79. The molecule has 1 aromatic rings. The number of carbonyl (C=O) groups is 1. The molecule has 0 bridgehead atoms. The number of methoxy groups -OCH3 is 1. The zero-order valence-corrected chi connectivity index (χ0v) is 14.9. The molecule has 130 valence electrons. The molecular formula is C19H26N2O3. The largest absolute Gasteiger partial charge is 0.497 e. The van der Waals surface area contributed by atoms with E-state index in [-0.39, 0.29) is 17.9 Å². The summed E-state index contributed by atoms with van der Waals surface area (Å²) in [4.78, 5) is 15.9. The summed E-state index contributed by atoms with van der Waals surface area (Å²) in [5, 5.41) is 3.44. The summed E-state index contributed by atoms with van der Waals surface area (Å²) in [5.74, 6) is 0.543. The van der Waals surface area contributed by atoms with Gasteiger partial charge < -0.3 is 14.8 Å². The number of hydrogen-bond acceptors (Lipinski definition) is 5. The highest BCUT2D eigenvalue weighted by atomic mass is 16.5. The lowest BCUT2D eigenvalue weighted by molar-refractivity contribution is -0.141. The van der Waals surface area contributed by atoms with E-state index in [1.165, 1.54) is 0 Å². The van der Waals surface area contributed by atoms with Crippen LogP contribution in [0.25, 0.3) is 0 Å². The van der Waals surface area contributed by atoms with E-state index in [2.05, 4.69) is 24.2 Å². The Bertz CT molecular complexity index is 631. The highest BCUT2D eigenvalue weighted by Gasteiger charge is 2.26. The van der Waals surface area contributed by atoms with Crippen LogP contribution >= 0.6 is 0 Å². The van der Waals surface area contributed by atoms with E-state index in [1.807, 2.05) is 30.3 Å². The molecule has 0 unspecified atom stereocenters. The Hall–Kier alpha value is -2.30. The van der Waals surface area contributed by atoms with E-state index in [4.69, 9.17) is 9.47 Å². The Kier molecular flexibility index (Phi) is 6.01. The molecule has 0 fully saturated rings. The third kappa shape index (κ3) is 5.41. The summed E-state index contributed by atoms with van der Waals surface area (Å²) in [6.45, 7) is 6.66. The first-order valence-corrected chi connectivity index (χ1v) is 8.22. The fourth-order valence-electron chi connectivity index (χ4n) is 2.79. The Morgan fingerprint density at radius 3 is 2.58 bits per heavy atom. The number of nitrogens with one attached hydrogen (secondary N) is 1. The predicted molar refractivity (Wildman–Crippen MR) is 96.6 cm³/mol. The quantitative estimate of drug-likeness (QED) is 0.806. The van der Waals surface area contributed by atoms with Crippen molar-refractivity contribution in [3.05, 3.63) is 36.0 Å². The van der Waals surface area contributed by atoms with Gasteiger partial charge in [0, 0.05) is 17.1 Å². The van der Waals surface area contributed by atoms with Crippen molar-refractivity contribution in [2.45, 2.75) is 33.6 Å². The monoisotopic (exact) mass is 330 g/mol. The third-order valence-corrected chi connectivity index (χ3v) is 3.78. The molecule has 24 heavy (non-hydrogen) atoms. The molecule has 0 spiro atoms. The number of carbonyl (C=O) groups excluding carboxylic acids is 1. The molecule has 0 aliphatic heterocycles. The van der Waals surface area contributed by atoms with Gasteiger partial charge in [0.2, 0.25) is 0 Å². The van der Waals surface area contributed by atoms with Gasteiger partial charge in [-0.3, -0.25) is 9.79 Å². The van der Waals surface area contributed by atoms with Crippen LogP contribution in [0.15, 0.2) is 41.0 Å². The maximum absolute atomic E-state index is 11.5. The molecule has 5 heteroatoms. The van der Waals surface area contributed by atoms with Gasteiger partial charge in [-0.2, -0.15) is 0 Å². The summed E-state index contributed by atoms with van der Waals surface area (Å²) in [6, 6.07) is 7.81. The summed E-state index contributed by atoms with van der Waals surface area (Å²) >= 11 is 0. The van der Waals surface area contributed by atoms with Crippen molar-refractivity contribution in [2.75, 3.05) is 25.6 Å². The summed E-state index contributed by atoms with van der Waals surface area (Å²) < 4.78 is 10.1. The van der Waals surface area contributed by atoms with E-state index < -0.39 is 0 Å². The van der Waals surface area contributed by atoms with Crippen molar-refractivity contribution < 1.29 is 14.3 Å². The van der Waals surface area contributed by atoms with Crippen LogP contribution in [0.5, 0.6) is 5.75 Å². The summed E-state index contributed by atoms with van der Waals surface area (Å²) in [7, 11) is 1.65. The fraction of sp³-hybridized carbons (Fsp3) is 0.474. The third-order valence-electron chi connectivity index (χ3n) is 3.78. The van der Waals surface area contributed by atoms with E-state index in [0.29, 0.717) is 6.61 Å². The van der Waals surface area contributed by atoms with Crippen molar-refractivity contribution >= 4 is 17.4 Å². The second-order valence-electron chi connectivity index (χ2n) is 6.65. The molecule has 0 heterocycles. The molecule has 1 aliphatic rings. The number of benzene rings is 1. The number of ether oxygens (including phenoxy) is 2. The predicted octanol–water partition coefficient (Wildman–Crippen LogP) is 3.82. The minimum Gasteiger partial charge on any atom is -0.497 e. The molecule has 0 saturated heterocycles. The second-order valence-corrected chi connectivity index (χ2v) is 6.65. The van der Waals surface area contributed by atoms with Crippen LogP contribution in [-0.2, 0) is 9.53 Å². The average molecular weight is 330 g/mol. The lowest BCUT2D eigenvalue weighted by Gasteiger charge is -2.31. The zero-order chi connectivity index (χ0) is 17.6. The van der Waals surface area contributed by atoms with Crippen LogP contribution in [0, 0.1) is 5.41 Å². The van der Waals surface area contributed by atoms with Gasteiger partial charge in [0.05, 0.1) is 13.7 Å². The van der Waals surface area contributed by atoms with Crippen LogP contribution in [0.4, 0.5) is 5.69 Å². The van der Waals surface area contributed by atoms with Crippen LogP contribution in [0.3, 0.4) is 0 Å². The number of hydrogen-bond donors (Lipinski definition) is 1. The molecule has 2 rings (SSSR count). The van der Waals surface area contributed by atoms with Crippen molar-refractivity contribution in [1.29, 1.82) is 0 Å². The van der Waals surface area contributed by atoms with E-state index in [1.54, 1.807) is 14.0 Å². The molecule has 1 aliphatic carbocycles. The number of esters is 1. The minimum atomic E-state index is -0.286. The molecule has 0 amide bonds. The molecule has 1 N–H and O–H groups in total. The lowest BCUT2D eigenvalue weighted by atomic mass is 9.78. The first-order valence-electron chi connectivity index (χ1n) is 8.22. The summed E-state index contributed by atoms with van der Waals surface area (Å²) in [5.41, 5.74) is 3.12. The average Bonchev–Trinajstić information content (AvgIpc) is 2.52. The molecule has 0 radical (unpaired) electrons. The van der Waals surface area contributed by atoms with Crippen molar-refractivity contribution in [3.8, 4) is 5.75 Å². The van der Waals surface area contributed by atoms with Gasteiger partial charge in [0.25, 0.3) is 0 Å². The van der Waals surface area contributed by atoms with E-state index >= 15 is 0 Å². The van der Waals surface area contributed by atoms with Crippen molar-refractivity contribution in [1.82, 2.24) is 0 Å². The zero-order valence-electron chi connectivity index (χ0n) is 14.9. The number of anilines is 1. The molecule has 1 aromatic carbocycles. The first-order chi connectivity index (χ1) is 11.4. The van der Waals surface area contributed by atoms with Gasteiger partial charge in [-0.25, -0.2) is 0 Å². The van der Waals surface area contributed by atoms with Crippen molar-refractivity contribution in [3.63, 3.8) is 0 Å². The van der Waals surface area contributed by atoms with Crippen LogP contribution in [0.2, 0.25) is 0 Å². The molecule has 5 nitrogen and oxygen atoms in total. The maximum Gasteiger partial charge on any atom is 0.327 e. The number of aliphatic imine (C=N–C) groups is 1. The van der Waals surface area contributed by atoms with Gasteiger partial charge >= 0.3 is 5.97 Å². The molecule has 0 aromatic heterocycles. The normalized spacial score (nSPS) is 18.0. The van der Waals surface area contributed by atoms with Crippen molar-refractivity contribution in [2.24, 2.45) is 10.4 Å². The Morgan fingerprint density at radius 1 is 1.25 bits per heavy atom. The SMILES string of the molecule is CCOC(=O)CN=C1C=C(Nc2ccc(OC)cc2)CC(C)(C)C1. The Labute approximate surface area is 143 Å². The topological polar surface area (TPSA) is 59.9 Å². The van der Waals surface area contributed by atoms with Gasteiger partial charge in [-0.15, -0.1) is 0 Å². The van der Waals surface area contributed by atoms with Gasteiger partial charge in [0.1, 0.15) is 12.3 Å². The molecule has 0 atom stereocenters. The van der Waals surface area contributed by atoms with E-state index in [9.17, 15) is 4.79 Å². The van der Waals surface area contributed by atoms with Crippen LogP contribution < -0.4 is 10.1 Å². The highest BCUT2D eigenvalue weighted by molar-refractivity contribution is 5.98. The van der Waals surface area contributed by atoms with E-state index in [0.717, 1.165) is 35.7 Å². The number of nitrogens with zero attached hydrogens (tertiary/aromatic N) is 1. The lowest BCUT2D eigenvalue weighted by Crippen LogP contribution is -2.25. The number of rotatable bonds is 6. The molecular weight excluding hydrogens is 304 g/mol. The van der Waals surface area contributed by atoms with Crippen LogP contribution in [0.1, 0.15) is 33.6 Å². The standard InChI is InChI=1S/C19H26N2O3/c1-5-24-18(22)13-20-15-10-16(12-19(2,3)11-15)21-14-6-8-17(23-4)9-7-14/h6-10,21H,5,11-13H2,1-4H3. The Balaban J connectivity index is 2.11. The highest BCUT2D eigenvalue weighted by Crippen LogP contribution is 2.34. The Morgan fingerprint density at radius 2 is 1.96 bits per heavy atom. The molecule has 0 saturated carbocycles. The first kappa shape index (κ1) is 18.0.